The van der Waals surface area contributed by atoms with Crippen LogP contribution in [0.5, 0.6) is 11.5 Å². The number of halogens is 1. The Morgan fingerprint density at radius 3 is 2.62 bits per heavy atom. The highest BCUT2D eigenvalue weighted by molar-refractivity contribution is 9.09. The van der Waals surface area contributed by atoms with Crippen molar-refractivity contribution in [1.82, 2.24) is 0 Å². The molecule has 1 aromatic carbocycles. The van der Waals surface area contributed by atoms with Crippen LogP contribution in [-0.2, 0) is 0 Å². The number of hydrogen-bond acceptors (Lipinski definition) is 2. The predicted molar refractivity (Wildman–Crippen MR) is 92.5 cm³/mol. The first-order chi connectivity index (χ1) is 10.3. The first-order valence-corrected chi connectivity index (χ1v) is 8.98. The molecule has 1 saturated carbocycles. The van der Waals surface area contributed by atoms with Crippen LogP contribution in [0.3, 0.4) is 0 Å². The van der Waals surface area contributed by atoms with E-state index in [0.29, 0.717) is 6.61 Å². The highest BCUT2D eigenvalue weighted by Crippen LogP contribution is 2.33. The summed E-state index contributed by atoms with van der Waals surface area (Å²) < 4.78 is 11.0. The van der Waals surface area contributed by atoms with E-state index in [1.807, 2.05) is 13.0 Å². The molecule has 2 rings (SSSR count). The molecule has 0 heterocycles. The van der Waals surface area contributed by atoms with Gasteiger partial charge >= 0.3 is 0 Å². The second-order valence-electron chi connectivity index (χ2n) is 5.53. The predicted octanol–water partition coefficient (Wildman–Crippen LogP) is 5.45. The second-order valence-corrected chi connectivity index (χ2v) is 6.09. The Kier molecular flexibility index (Phi) is 6.62. The van der Waals surface area contributed by atoms with Crippen molar-refractivity contribution in [3.8, 4) is 11.5 Å². The van der Waals surface area contributed by atoms with Gasteiger partial charge in [-0.3, -0.25) is 0 Å². The summed E-state index contributed by atoms with van der Waals surface area (Å²) in [6.07, 6.45) is 9.08. The molecule has 0 aromatic heterocycles. The van der Waals surface area contributed by atoms with E-state index in [4.69, 9.17) is 9.47 Å². The van der Waals surface area contributed by atoms with E-state index in [2.05, 4.69) is 34.1 Å². The Balaban J connectivity index is 2.20. The minimum atomic E-state index is 0.653. The van der Waals surface area contributed by atoms with Crippen molar-refractivity contribution < 1.29 is 9.47 Å². The van der Waals surface area contributed by atoms with Crippen LogP contribution in [0.2, 0.25) is 0 Å². The van der Waals surface area contributed by atoms with Crippen molar-refractivity contribution in [1.29, 1.82) is 0 Å². The van der Waals surface area contributed by atoms with E-state index in [0.717, 1.165) is 22.7 Å². The van der Waals surface area contributed by atoms with Gasteiger partial charge in [0.25, 0.3) is 0 Å². The minimum absolute atomic E-state index is 0.653. The van der Waals surface area contributed by atoms with Crippen LogP contribution in [0.4, 0.5) is 0 Å². The van der Waals surface area contributed by atoms with Crippen LogP contribution in [-0.4, -0.2) is 19.0 Å². The molecule has 3 heteroatoms. The summed E-state index contributed by atoms with van der Waals surface area (Å²) in [5.74, 6) is 2.36. The Morgan fingerprint density at radius 1 is 1.24 bits per heavy atom. The molecule has 0 saturated heterocycles. The average molecular weight is 353 g/mol. The molecular formula is C18H25BrO2. The third kappa shape index (κ3) is 4.50. The van der Waals surface area contributed by atoms with Crippen LogP contribution in [0.15, 0.2) is 23.8 Å². The Bertz CT molecular complexity index is 476. The van der Waals surface area contributed by atoms with E-state index in [1.54, 1.807) is 7.11 Å². The van der Waals surface area contributed by atoms with Gasteiger partial charge in [-0.1, -0.05) is 52.9 Å². The van der Waals surface area contributed by atoms with Crippen molar-refractivity contribution in [2.45, 2.75) is 39.0 Å². The van der Waals surface area contributed by atoms with Crippen LogP contribution in [0.25, 0.3) is 6.08 Å². The zero-order chi connectivity index (χ0) is 15.1. The van der Waals surface area contributed by atoms with Crippen LogP contribution in [0.1, 0.15) is 44.6 Å². The van der Waals surface area contributed by atoms with E-state index < -0.39 is 0 Å². The molecule has 0 radical (unpaired) electrons. The zero-order valence-corrected chi connectivity index (χ0v) is 14.6. The average Bonchev–Trinajstić information content (AvgIpc) is 2.54. The summed E-state index contributed by atoms with van der Waals surface area (Å²) in [5, 5.41) is 0.952. The quantitative estimate of drug-likeness (QED) is 0.633. The fourth-order valence-corrected chi connectivity index (χ4v) is 3.62. The van der Waals surface area contributed by atoms with Gasteiger partial charge in [0.2, 0.25) is 0 Å². The van der Waals surface area contributed by atoms with Gasteiger partial charge in [0.05, 0.1) is 13.7 Å². The molecule has 116 valence electrons. The standard InChI is InChI=1S/C18H25BrO2/c1-3-21-17-10-9-14(12-18(17)20-2)11-16(13-19)15-7-5-4-6-8-15/h9-12,15H,3-8,13H2,1-2H3/b16-11-. The molecule has 1 aromatic rings. The van der Waals surface area contributed by atoms with E-state index in [-0.39, 0.29) is 0 Å². The molecule has 0 atom stereocenters. The molecule has 1 aliphatic carbocycles. The van der Waals surface area contributed by atoms with Gasteiger partial charge in [0.1, 0.15) is 0 Å². The monoisotopic (exact) mass is 352 g/mol. The fourth-order valence-electron chi connectivity index (χ4n) is 3.00. The van der Waals surface area contributed by atoms with Crippen LogP contribution in [0, 0.1) is 5.92 Å². The molecule has 1 aliphatic rings. The van der Waals surface area contributed by atoms with Gasteiger partial charge in [0, 0.05) is 5.33 Å². The Hall–Kier alpha value is -0.960. The third-order valence-corrected chi connectivity index (χ3v) is 4.77. The first kappa shape index (κ1) is 16.4. The zero-order valence-electron chi connectivity index (χ0n) is 13.0. The molecule has 0 amide bonds. The number of rotatable bonds is 6. The topological polar surface area (TPSA) is 18.5 Å². The molecular weight excluding hydrogens is 328 g/mol. The van der Waals surface area contributed by atoms with E-state index >= 15 is 0 Å². The summed E-state index contributed by atoms with van der Waals surface area (Å²) >= 11 is 3.66. The summed E-state index contributed by atoms with van der Waals surface area (Å²) in [7, 11) is 1.69. The fraction of sp³-hybridized carbons (Fsp3) is 0.556. The smallest absolute Gasteiger partial charge is 0.161 e. The van der Waals surface area contributed by atoms with Crippen molar-refractivity contribution in [2.24, 2.45) is 5.92 Å². The molecule has 21 heavy (non-hydrogen) atoms. The van der Waals surface area contributed by atoms with E-state index in [9.17, 15) is 0 Å². The first-order valence-electron chi connectivity index (χ1n) is 7.85. The van der Waals surface area contributed by atoms with Crippen LogP contribution < -0.4 is 9.47 Å². The summed E-state index contributed by atoms with van der Waals surface area (Å²) in [5.41, 5.74) is 2.69. The maximum Gasteiger partial charge on any atom is 0.161 e. The Labute approximate surface area is 136 Å². The van der Waals surface area contributed by atoms with Gasteiger partial charge < -0.3 is 9.47 Å². The van der Waals surface area contributed by atoms with Crippen LogP contribution >= 0.6 is 15.9 Å². The number of ether oxygens (including phenoxy) is 2. The van der Waals surface area contributed by atoms with Crippen molar-refractivity contribution in [3.05, 3.63) is 29.3 Å². The number of alkyl halides is 1. The number of allylic oxidation sites excluding steroid dienone is 1. The van der Waals surface area contributed by atoms with Crippen molar-refractivity contribution >= 4 is 22.0 Å². The van der Waals surface area contributed by atoms with Crippen molar-refractivity contribution in [2.75, 3.05) is 19.0 Å². The normalized spacial score (nSPS) is 16.8. The maximum absolute atomic E-state index is 5.58. The molecule has 1 fully saturated rings. The molecule has 2 nitrogen and oxygen atoms in total. The number of benzene rings is 1. The third-order valence-electron chi connectivity index (χ3n) is 4.12. The largest absolute Gasteiger partial charge is 0.493 e. The lowest BCUT2D eigenvalue weighted by atomic mass is 9.84. The van der Waals surface area contributed by atoms with Gasteiger partial charge in [-0.05, 0) is 43.4 Å². The second kappa shape index (κ2) is 8.47. The van der Waals surface area contributed by atoms with E-state index in [1.165, 1.54) is 43.2 Å². The highest BCUT2D eigenvalue weighted by Gasteiger charge is 2.17. The molecule has 0 aliphatic heterocycles. The summed E-state index contributed by atoms with van der Waals surface area (Å²) in [4.78, 5) is 0. The molecule has 0 N–H and O–H groups in total. The maximum atomic E-state index is 5.58. The Morgan fingerprint density at radius 2 is 2.00 bits per heavy atom. The summed E-state index contributed by atoms with van der Waals surface area (Å²) in [6, 6.07) is 6.18. The lowest BCUT2D eigenvalue weighted by Gasteiger charge is -2.23. The van der Waals surface area contributed by atoms with Gasteiger partial charge in [-0.15, -0.1) is 0 Å². The SMILES string of the molecule is CCOc1ccc(/C=C(/CBr)C2CCCCC2)cc1OC. The van der Waals surface area contributed by atoms with Gasteiger partial charge in [-0.25, -0.2) is 0 Å². The highest BCUT2D eigenvalue weighted by atomic mass is 79.9. The summed E-state index contributed by atoms with van der Waals surface area (Å²) in [6.45, 7) is 2.64. The molecule has 0 spiro atoms. The number of hydrogen-bond donors (Lipinski definition) is 0. The molecule has 0 unspecified atom stereocenters. The lowest BCUT2D eigenvalue weighted by molar-refractivity contribution is 0.311. The molecule has 0 bridgehead atoms. The van der Waals surface area contributed by atoms with Crippen molar-refractivity contribution in [3.63, 3.8) is 0 Å². The number of methoxy groups -OCH3 is 1. The minimum Gasteiger partial charge on any atom is -0.493 e. The van der Waals surface area contributed by atoms with Gasteiger partial charge in [0.15, 0.2) is 11.5 Å². The lowest BCUT2D eigenvalue weighted by Crippen LogP contribution is -2.10. The van der Waals surface area contributed by atoms with Gasteiger partial charge in [-0.2, -0.15) is 0 Å².